The van der Waals surface area contributed by atoms with Gasteiger partial charge in [-0.25, -0.2) is 0 Å². The van der Waals surface area contributed by atoms with Gasteiger partial charge in [0.2, 0.25) is 0 Å². The SMILES string of the molecule is CCCCC(CC)CC(C)C(OCCOCCC)OCCOCCOCCC. The third-order valence-corrected chi connectivity index (χ3v) is 4.80. The molecule has 0 heterocycles. The first kappa shape index (κ1) is 27.8. The van der Waals surface area contributed by atoms with Crippen LogP contribution in [-0.2, 0) is 23.7 Å². The van der Waals surface area contributed by atoms with Crippen molar-refractivity contribution in [3.05, 3.63) is 0 Å². The highest BCUT2D eigenvalue weighted by Crippen LogP contribution is 2.25. The van der Waals surface area contributed by atoms with Gasteiger partial charge in [-0.2, -0.15) is 0 Å². The zero-order valence-corrected chi connectivity index (χ0v) is 19.4. The van der Waals surface area contributed by atoms with Crippen molar-refractivity contribution >= 4 is 0 Å². The molecule has 5 heteroatoms. The fourth-order valence-corrected chi connectivity index (χ4v) is 3.15. The summed E-state index contributed by atoms with van der Waals surface area (Å²) >= 11 is 0. The van der Waals surface area contributed by atoms with Crippen molar-refractivity contribution in [2.75, 3.05) is 52.9 Å². The first-order chi connectivity index (χ1) is 13.7. The molecule has 28 heavy (non-hydrogen) atoms. The molecule has 0 aliphatic rings. The standard InChI is InChI=1S/C23H48O5/c1-6-10-11-22(9-4)20-21(5)23(27-18-16-25-13-8-3)28-19-17-26-15-14-24-12-7-2/h21-23H,6-20H2,1-5H3. The predicted molar refractivity (Wildman–Crippen MR) is 116 cm³/mol. The molecule has 0 N–H and O–H groups in total. The zero-order valence-electron chi connectivity index (χ0n) is 19.4. The van der Waals surface area contributed by atoms with E-state index in [1.807, 2.05) is 0 Å². The van der Waals surface area contributed by atoms with Crippen LogP contribution in [0.1, 0.15) is 79.6 Å². The van der Waals surface area contributed by atoms with Crippen molar-refractivity contribution in [1.29, 1.82) is 0 Å². The van der Waals surface area contributed by atoms with Crippen LogP contribution in [0.3, 0.4) is 0 Å². The minimum Gasteiger partial charge on any atom is -0.379 e. The summed E-state index contributed by atoms with van der Waals surface area (Å²) in [5.41, 5.74) is 0. The first-order valence-corrected chi connectivity index (χ1v) is 11.7. The lowest BCUT2D eigenvalue weighted by Gasteiger charge is -2.27. The molecule has 0 aromatic heterocycles. The van der Waals surface area contributed by atoms with E-state index in [2.05, 4.69) is 34.6 Å². The summed E-state index contributed by atoms with van der Waals surface area (Å²) in [6, 6.07) is 0. The number of rotatable bonds is 22. The quantitative estimate of drug-likeness (QED) is 0.177. The zero-order chi connectivity index (χ0) is 20.9. The normalized spacial score (nSPS) is 14.9. The summed E-state index contributed by atoms with van der Waals surface area (Å²) in [7, 11) is 0. The fraction of sp³-hybridized carbons (Fsp3) is 1.00. The van der Waals surface area contributed by atoms with E-state index < -0.39 is 0 Å². The van der Waals surface area contributed by atoms with E-state index >= 15 is 0 Å². The van der Waals surface area contributed by atoms with Gasteiger partial charge < -0.3 is 23.7 Å². The Labute approximate surface area is 174 Å². The van der Waals surface area contributed by atoms with Crippen LogP contribution >= 0.6 is 0 Å². The van der Waals surface area contributed by atoms with Crippen LogP contribution in [0.4, 0.5) is 0 Å². The molecule has 170 valence electrons. The molecule has 5 nitrogen and oxygen atoms in total. The minimum absolute atomic E-state index is 0.194. The average molecular weight is 405 g/mol. The Bertz CT molecular complexity index is 301. The first-order valence-electron chi connectivity index (χ1n) is 11.7. The van der Waals surface area contributed by atoms with E-state index in [1.54, 1.807) is 0 Å². The van der Waals surface area contributed by atoms with Gasteiger partial charge in [0.1, 0.15) is 0 Å². The lowest BCUT2D eigenvalue weighted by atomic mass is 9.89. The molecule has 0 amide bonds. The van der Waals surface area contributed by atoms with Crippen LogP contribution in [0, 0.1) is 11.8 Å². The molecule has 0 spiro atoms. The van der Waals surface area contributed by atoms with Crippen molar-refractivity contribution in [3.8, 4) is 0 Å². The van der Waals surface area contributed by atoms with E-state index in [4.69, 9.17) is 23.7 Å². The van der Waals surface area contributed by atoms with Crippen LogP contribution in [0.25, 0.3) is 0 Å². The third kappa shape index (κ3) is 16.7. The molecule has 0 fully saturated rings. The summed E-state index contributed by atoms with van der Waals surface area (Å²) in [6.45, 7) is 16.2. The lowest BCUT2D eigenvalue weighted by molar-refractivity contribution is -0.185. The molecule has 0 rings (SSSR count). The molecule has 0 saturated heterocycles. The van der Waals surface area contributed by atoms with Gasteiger partial charge in [-0.3, -0.25) is 0 Å². The highest BCUT2D eigenvalue weighted by Gasteiger charge is 2.22. The summed E-state index contributed by atoms with van der Waals surface area (Å²) in [6.07, 6.45) is 8.10. The number of unbranched alkanes of at least 4 members (excludes halogenated alkanes) is 1. The molecule has 0 radical (unpaired) electrons. The summed E-state index contributed by atoms with van der Waals surface area (Å²) in [5, 5.41) is 0. The van der Waals surface area contributed by atoms with E-state index in [1.165, 1.54) is 25.7 Å². The number of hydrogen-bond acceptors (Lipinski definition) is 5. The Morgan fingerprint density at radius 1 is 0.607 bits per heavy atom. The van der Waals surface area contributed by atoms with Gasteiger partial charge in [0.05, 0.1) is 39.6 Å². The molecule has 0 aliphatic heterocycles. The van der Waals surface area contributed by atoms with Crippen molar-refractivity contribution in [3.63, 3.8) is 0 Å². The maximum absolute atomic E-state index is 6.04. The Morgan fingerprint density at radius 3 is 1.57 bits per heavy atom. The number of ether oxygens (including phenoxy) is 5. The van der Waals surface area contributed by atoms with Gasteiger partial charge in [-0.05, 0) is 25.2 Å². The summed E-state index contributed by atoms with van der Waals surface area (Å²) in [4.78, 5) is 0. The van der Waals surface area contributed by atoms with E-state index in [0.29, 0.717) is 45.6 Å². The highest BCUT2D eigenvalue weighted by molar-refractivity contribution is 4.66. The molecule has 3 unspecified atom stereocenters. The Hall–Kier alpha value is -0.200. The molecule has 0 bridgehead atoms. The van der Waals surface area contributed by atoms with Crippen molar-refractivity contribution < 1.29 is 23.7 Å². The maximum Gasteiger partial charge on any atom is 0.160 e. The van der Waals surface area contributed by atoms with Gasteiger partial charge in [0, 0.05) is 19.1 Å². The van der Waals surface area contributed by atoms with Crippen LogP contribution in [0.5, 0.6) is 0 Å². The van der Waals surface area contributed by atoms with Gasteiger partial charge in [0.15, 0.2) is 6.29 Å². The Kier molecular flexibility index (Phi) is 21.4. The summed E-state index contributed by atoms with van der Waals surface area (Å²) in [5.74, 6) is 1.11. The second-order valence-corrected chi connectivity index (χ2v) is 7.58. The van der Waals surface area contributed by atoms with Crippen molar-refractivity contribution in [2.24, 2.45) is 11.8 Å². The van der Waals surface area contributed by atoms with Crippen LogP contribution in [0.2, 0.25) is 0 Å². The Morgan fingerprint density at radius 2 is 1.11 bits per heavy atom. The van der Waals surface area contributed by atoms with E-state index in [-0.39, 0.29) is 6.29 Å². The van der Waals surface area contributed by atoms with E-state index in [0.717, 1.165) is 38.4 Å². The van der Waals surface area contributed by atoms with Gasteiger partial charge in [-0.1, -0.05) is 60.3 Å². The highest BCUT2D eigenvalue weighted by atomic mass is 16.7. The number of hydrogen-bond donors (Lipinski definition) is 0. The fourth-order valence-electron chi connectivity index (χ4n) is 3.15. The largest absolute Gasteiger partial charge is 0.379 e. The van der Waals surface area contributed by atoms with Crippen LogP contribution in [0.15, 0.2) is 0 Å². The molecular weight excluding hydrogens is 356 g/mol. The minimum atomic E-state index is -0.194. The van der Waals surface area contributed by atoms with Gasteiger partial charge in [0.25, 0.3) is 0 Å². The van der Waals surface area contributed by atoms with Crippen molar-refractivity contribution in [1.82, 2.24) is 0 Å². The van der Waals surface area contributed by atoms with Crippen LogP contribution < -0.4 is 0 Å². The van der Waals surface area contributed by atoms with E-state index in [9.17, 15) is 0 Å². The second-order valence-electron chi connectivity index (χ2n) is 7.58. The lowest BCUT2D eigenvalue weighted by Crippen LogP contribution is -2.30. The topological polar surface area (TPSA) is 46.2 Å². The smallest absolute Gasteiger partial charge is 0.160 e. The molecule has 3 atom stereocenters. The summed E-state index contributed by atoms with van der Waals surface area (Å²) < 4.78 is 28.6. The maximum atomic E-state index is 6.04. The molecule has 0 aromatic carbocycles. The predicted octanol–water partition coefficient (Wildman–Crippen LogP) is 5.46. The monoisotopic (exact) mass is 404 g/mol. The molecular formula is C23H48O5. The second kappa shape index (κ2) is 21.5. The van der Waals surface area contributed by atoms with Crippen molar-refractivity contribution in [2.45, 2.75) is 85.9 Å². The van der Waals surface area contributed by atoms with Crippen LogP contribution in [-0.4, -0.2) is 59.1 Å². The molecule has 0 aromatic rings. The Balaban J connectivity index is 4.23. The average Bonchev–Trinajstić information content (AvgIpc) is 2.71. The van der Waals surface area contributed by atoms with Gasteiger partial charge in [-0.15, -0.1) is 0 Å². The van der Waals surface area contributed by atoms with Gasteiger partial charge >= 0.3 is 0 Å². The molecule has 0 aliphatic carbocycles. The third-order valence-electron chi connectivity index (χ3n) is 4.80. The molecule has 0 saturated carbocycles.